The van der Waals surface area contributed by atoms with Crippen LogP contribution in [-0.2, 0) is 6.42 Å². The van der Waals surface area contributed by atoms with E-state index >= 15 is 0 Å². The average Bonchev–Trinajstić information content (AvgIpc) is 2.64. The molecule has 2 atom stereocenters. The zero-order chi connectivity index (χ0) is 15.3. The molecule has 0 bridgehead atoms. The molecule has 0 amide bonds. The van der Waals surface area contributed by atoms with E-state index in [1.54, 1.807) is 12.1 Å². The van der Waals surface area contributed by atoms with Crippen LogP contribution in [0.5, 0.6) is 5.75 Å². The third kappa shape index (κ3) is 5.23. The SMILES string of the molecule is CNC1CCCCCC1Cc1ccc(OC(F)(F)F)cc1. The highest BCUT2D eigenvalue weighted by atomic mass is 19.4. The molecule has 0 aliphatic heterocycles. The second kappa shape index (κ2) is 7.16. The standard InChI is InChI=1S/C16H22F3NO/c1-20-15-6-4-2-3-5-13(15)11-12-7-9-14(10-8-12)21-16(17,18)19/h7-10,13,15,20H,2-6,11H2,1H3. The number of hydrogen-bond donors (Lipinski definition) is 1. The van der Waals surface area contributed by atoms with Gasteiger partial charge in [-0.1, -0.05) is 31.4 Å². The van der Waals surface area contributed by atoms with Crippen molar-refractivity contribution in [2.75, 3.05) is 7.05 Å². The van der Waals surface area contributed by atoms with E-state index < -0.39 is 6.36 Å². The number of benzene rings is 1. The fraction of sp³-hybridized carbons (Fsp3) is 0.625. The van der Waals surface area contributed by atoms with E-state index in [-0.39, 0.29) is 5.75 Å². The Bertz CT molecular complexity index is 430. The molecule has 1 N–H and O–H groups in total. The van der Waals surface area contributed by atoms with Gasteiger partial charge in [0.15, 0.2) is 0 Å². The van der Waals surface area contributed by atoms with E-state index in [0.717, 1.165) is 12.0 Å². The Morgan fingerprint density at radius 1 is 1.10 bits per heavy atom. The van der Waals surface area contributed by atoms with E-state index in [2.05, 4.69) is 10.1 Å². The van der Waals surface area contributed by atoms with Crippen molar-refractivity contribution >= 4 is 0 Å². The Hall–Kier alpha value is -1.23. The molecule has 1 aliphatic carbocycles. The highest BCUT2D eigenvalue weighted by Crippen LogP contribution is 2.28. The van der Waals surface area contributed by atoms with Crippen LogP contribution in [0.25, 0.3) is 0 Å². The molecule has 0 heterocycles. The van der Waals surface area contributed by atoms with E-state index in [1.807, 2.05) is 7.05 Å². The maximum Gasteiger partial charge on any atom is 0.573 e. The van der Waals surface area contributed by atoms with Crippen molar-refractivity contribution in [2.24, 2.45) is 5.92 Å². The molecule has 0 aromatic heterocycles. The molecule has 118 valence electrons. The molecular weight excluding hydrogens is 279 g/mol. The molecule has 2 nitrogen and oxygen atoms in total. The Labute approximate surface area is 123 Å². The van der Waals surface area contributed by atoms with Gasteiger partial charge in [-0.05, 0) is 49.9 Å². The second-order valence-corrected chi connectivity index (χ2v) is 5.69. The van der Waals surface area contributed by atoms with Crippen LogP contribution in [0.1, 0.15) is 37.7 Å². The van der Waals surface area contributed by atoms with Crippen molar-refractivity contribution < 1.29 is 17.9 Å². The molecular formula is C16H22F3NO. The van der Waals surface area contributed by atoms with Gasteiger partial charge in [0.2, 0.25) is 0 Å². The van der Waals surface area contributed by atoms with Crippen LogP contribution in [0.2, 0.25) is 0 Å². The van der Waals surface area contributed by atoms with Crippen molar-refractivity contribution in [3.63, 3.8) is 0 Å². The second-order valence-electron chi connectivity index (χ2n) is 5.69. The third-order valence-electron chi connectivity index (χ3n) is 4.18. The van der Waals surface area contributed by atoms with Crippen LogP contribution in [0.4, 0.5) is 13.2 Å². The van der Waals surface area contributed by atoms with Crippen LogP contribution in [0, 0.1) is 5.92 Å². The number of alkyl halides is 3. The molecule has 5 heteroatoms. The zero-order valence-corrected chi connectivity index (χ0v) is 12.2. The van der Waals surface area contributed by atoms with E-state index in [4.69, 9.17) is 0 Å². The molecule has 1 aromatic rings. The number of nitrogens with one attached hydrogen (secondary N) is 1. The summed E-state index contributed by atoms with van der Waals surface area (Å²) < 4.78 is 40.3. The first-order chi connectivity index (χ1) is 9.98. The van der Waals surface area contributed by atoms with Gasteiger partial charge in [-0.3, -0.25) is 0 Å². The topological polar surface area (TPSA) is 21.3 Å². The highest BCUT2D eigenvalue weighted by Gasteiger charge is 2.31. The maximum atomic E-state index is 12.1. The first kappa shape index (κ1) is 16.1. The summed E-state index contributed by atoms with van der Waals surface area (Å²) in [5.41, 5.74) is 1.07. The minimum atomic E-state index is -4.62. The smallest absolute Gasteiger partial charge is 0.406 e. The third-order valence-corrected chi connectivity index (χ3v) is 4.18. The summed E-state index contributed by atoms with van der Waals surface area (Å²) in [6.07, 6.45) is 2.38. The number of ether oxygens (including phenoxy) is 1. The van der Waals surface area contributed by atoms with Crippen LogP contribution >= 0.6 is 0 Å². The Morgan fingerprint density at radius 3 is 2.38 bits per heavy atom. The summed E-state index contributed by atoms with van der Waals surface area (Å²) in [7, 11) is 1.99. The fourth-order valence-corrected chi connectivity index (χ4v) is 3.14. The Balaban J connectivity index is 1.98. The first-order valence-electron chi connectivity index (χ1n) is 7.50. The van der Waals surface area contributed by atoms with Crippen LogP contribution in [0.15, 0.2) is 24.3 Å². The lowest BCUT2D eigenvalue weighted by Gasteiger charge is -2.25. The maximum absolute atomic E-state index is 12.1. The Kier molecular flexibility index (Phi) is 5.51. The zero-order valence-electron chi connectivity index (χ0n) is 12.2. The van der Waals surface area contributed by atoms with Crippen molar-refractivity contribution in [1.82, 2.24) is 5.32 Å². The average molecular weight is 301 g/mol. The lowest BCUT2D eigenvalue weighted by atomic mass is 9.88. The summed E-state index contributed by atoms with van der Waals surface area (Å²) in [5.74, 6) is 0.393. The fourth-order valence-electron chi connectivity index (χ4n) is 3.14. The molecule has 2 rings (SSSR count). The minimum absolute atomic E-state index is 0.155. The van der Waals surface area contributed by atoms with E-state index in [1.165, 1.54) is 44.2 Å². The predicted octanol–water partition coefficient (Wildman–Crippen LogP) is 4.30. The van der Waals surface area contributed by atoms with Crippen LogP contribution in [-0.4, -0.2) is 19.5 Å². The van der Waals surface area contributed by atoms with Gasteiger partial charge < -0.3 is 10.1 Å². The summed E-state index contributed by atoms with van der Waals surface area (Å²) in [6.45, 7) is 0. The Morgan fingerprint density at radius 2 is 1.76 bits per heavy atom. The monoisotopic (exact) mass is 301 g/mol. The predicted molar refractivity (Wildman–Crippen MR) is 76.3 cm³/mol. The van der Waals surface area contributed by atoms with Gasteiger partial charge in [0, 0.05) is 6.04 Å². The lowest BCUT2D eigenvalue weighted by Crippen LogP contribution is -2.33. The molecule has 1 aromatic carbocycles. The molecule has 1 fully saturated rings. The summed E-state index contributed by atoms with van der Waals surface area (Å²) >= 11 is 0. The van der Waals surface area contributed by atoms with Gasteiger partial charge in [0.1, 0.15) is 5.75 Å². The van der Waals surface area contributed by atoms with Crippen LogP contribution < -0.4 is 10.1 Å². The van der Waals surface area contributed by atoms with Gasteiger partial charge >= 0.3 is 6.36 Å². The number of hydrogen-bond acceptors (Lipinski definition) is 2. The molecule has 21 heavy (non-hydrogen) atoms. The largest absolute Gasteiger partial charge is 0.573 e. The molecule has 1 saturated carbocycles. The number of rotatable bonds is 4. The van der Waals surface area contributed by atoms with Crippen molar-refractivity contribution in [3.8, 4) is 5.75 Å². The summed E-state index contributed by atoms with van der Waals surface area (Å²) in [6, 6.07) is 6.76. The van der Waals surface area contributed by atoms with Crippen molar-refractivity contribution in [1.29, 1.82) is 0 Å². The van der Waals surface area contributed by atoms with Gasteiger partial charge in [-0.15, -0.1) is 13.2 Å². The van der Waals surface area contributed by atoms with Gasteiger partial charge in [0.05, 0.1) is 0 Å². The lowest BCUT2D eigenvalue weighted by molar-refractivity contribution is -0.274. The molecule has 0 spiro atoms. The van der Waals surface area contributed by atoms with Crippen LogP contribution in [0.3, 0.4) is 0 Å². The van der Waals surface area contributed by atoms with Crippen molar-refractivity contribution in [3.05, 3.63) is 29.8 Å². The number of halogens is 3. The quantitative estimate of drug-likeness (QED) is 0.837. The molecule has 2 unspecified atom stereocenters. The summed E-state index contributed by atoms with van der Waals surface area (Å²) in [5, 5.41) is 3.38. The normalized spacial score (nSPS) is 23.6. The molecule has 0 saturated heterocycles. The van der Waals surface area contributed by atoms with E-state index in [9.17, 15) is 13.2 Å². The molecule has 1 aliphatic rings. The van der Waals surface area contributed by atoms with Gasteiger partial charge in [-0.25, -0.2) is 0 Å². The van der Waals surface area contributed by atoms with E-state index in [0.29, 0.717) is 12.0 Å². The van der Waals surface area contributed by atoms with Gasteiger partial charge in [-0.2, -0.15) is 0 Å². The highest BCUT2D eigenvalue weighted by molar-refractivity contribution is 5.27. The van der Waals surface area contributed by atoms with Crippen molar-refractivity contribution in [2.45, 2.75) is 50.9 Å². The van der Waals surface area contributed by atoms with Gasteiger partial charge in [0.25, 0.3) is 0 Å². The minimum Gasteiger partial charge on any atom is -0.406 e. The summed E-state index contributed by atoms with van der Waals surface area (Å²) in [4.78, 5) is 0. The first-order valence-corrected chi connectivity index (χ1v) is 7.50. The molecule has 0 radical (unpaired) electrons.